The zero-order chi connectivity index (χ0) is 20.2. The fraction of sp³-hybridized carbons (Fsp3) is 0.350. The minimum absolute atomic E-state index is 0.0647. The highest BCUT2D eigenvalue weighted by atomic mass is 35.5. The molecule has 1 amide bonds. The normalized spacial score (nSPS) is 12.7. The summed E-state index contributed by atoms with van der Waals surface area (Å²) in [5.74, 6) is -0.115. The lowest BCUT2D eigenvalue weighted by molar-refractivity contribution is -0.120. The summed E-state index contributed by atoms with van der Waals surface area (Å²) in [6, 6.07) is 12.9. The van der Waals surface area contributed by atoms with Crippen LogP contribution in [0.4, 0.5) is 5.69 Å². The van der Waals surface area contributed by atoms with Crippen molar-refractivity contribution in [1.82, 2.24) is 5.32 Å². The summed E-state index contributed by atoms with van der Waals surface area (Å²) in [4.78, 5) is 12.7. The molecule has 2 aromatic rings. The first-order chi connectivity index (χ1) is 12.6. The van der Waals surface area contributed by atoms with E-state index in [-0.39, 0.29) is 29.3 Å². The molecule has 0 bridgehead atoms. The molecule has 1 atom stereocenters. The van der Waals surface area contributed by atoms with Gasteiger partial charge in [-0.25, -0.2) is 8.42 Å². The number of amides is 1. The average Bonchev–Trinajstić information content (AvgIpc) is 2.60. The van der Waals surface area contributed by atoms with Gasteiger partial charge >= 0.3 is 0 Å². The molecule has 0 aliphatic rings. The lowest BCUT2D eigenvalue weighted by Crippen LogP contribution is -2.45. The summed E-state index contributed by atoms with van der Waals surface area (Å²) in [6.07, 6.45) is 0. The average molecular weight is 409 g/mol. The molecule has 0 heterocycles. The fourth-order valence-electron chi connectivity index (χ4n) is 2.51. The van der Waals surface area contributed by atoms with E-state index in [1.807, 2.05) is 20.8 Å². The Balaban J connectivity index is 2.45. The number of nitrogens with one attached hydrogen (secondary N) is 1. The van der Waals surface area contributed by atoms with Crippen LogP contribution in [-0.2, 0) is 14.8 Å². The molecule has 0 unspecified atom stereocenters. The van der Waals surface area contributed by atoms with Crippen molar-refractivity contribution in [3.8, 4) is 0 Å². The predicted octanol–water partition coefficient (Wildman–Crippen LogP) is 4.00. The number of halogens is 1. The van der Waals surface area contributed by atoms with E-state index in [0.717, 1.165) is 4.31 Å². The van der Waals surface area contributed by atoms with Crippen LogP contribution in [0, 0.1) is 12.8 Å². The molecule has 0 aliphatic carbocycles. The molecule has 0 fully saturated rings. The number of hydrogen-bond donors (Lipinski definition) is 1. The third kappa shape index (κ3) is 5.23. The van der Waals surface area contributed by atoms with Crippen LogP contribution >= 0.6 is 11.6 Å². The molecular formula is C20H25ClN2O3S. The third-order valence-corrected chi connectivity index (χ3v) is 6.44. The van der Waals surface area contributed by atoms with E-state index in [4.69, 9.17) is 11.6 Å². The second-order valence-electron chi connectivity index (χ2n) is 6.86. The van der Waals surface area contributed by atoms with Gasteiger partial charge in [-0.3, -0.25) is 9.10 Å². The second-order valence-corrected chi connectivity index (χ2v) is 9.15. The monoisotopic (exact) mass is 408 g/mol. The Morgan fingerprint density at radius 3 is 2.30 bits per heavy atom. The lowest BCUT2D eigenvalue weighted by atomic mass is 10.1. The molecule has 1 N–H and O–H groups in total. The molecule has 0 saturated carbocycles. The van der Waals surface area contributed by atoms with Crippen molar-refractivity contribution in [1.29, 1.82) is 0 Å². The number of rotatable bonds is 7. The Hall–Kier alpha value is -2.05. The topological polar surface area (TPSA) is 66.5 Å². The summed E-state index contributed by atoms with van der Waals surface area (Å²) in [7, 11) is -3.91. The number of sulfonamides is 1. The van der Waals surface area contributed by atoms with Crippen molar-refractivity contribution in [2.45, 2.75) is 38.6 Å². The standard InChI is InChI=1S/C20H25ClN2O3S/c1-14(2)16(4)22-20(24)13-23(19-11-10-17(21)12-15(19)3)27(25,26)18-8-6-5-7-9-18/h5-12,14,16H,13H2,1-4H3,(H,22,24)/t16-/m1/s1. The number of carbonyl (C=O) groups excluding carboxylic acids is 1. The smallest absolute Gasteiger partial charge is 0.264 e. The van der Waals surface area contributed by atoms with E-state index in [1.165, 1.54) is 12.1 Å². The number of anilines is 1. The van der Waals surface area contributed by atoms with Gasteiger partial charge in [0.2, 0.25) is 5.91 Å². The van der Waals surface area contributed by atoms with Crippen LogP contribution in [0.3, 0.4) is 0 Å². The van der Waals surface area contributed by atoms with Crippen molar-refractivity contribution in [2.24, 2.45) is 5.92 Å². The second kappa shape index (κ2) is 8.76. The first kappa shape index (κ1) is 21.3. The largest absolute Gasteiger partial charge is 0.352 e. The molecule has 7 heteroatoms. The van der Waals surface area contributed by atoms with Gasteiger partial charge in [-0.2, -0.15) is 0 Å². The molecule has 27 heavy (non-hydrogen) atoms. The Morgan fingerprint density at radius 1 is 1.11 bits per heavy atom. The zero-order valence-corrected chi connectivity index (χ0v) is 17.5. The van der Waals surface area contributed by atoms with Gasteiger partial charge in [-0.15, -0.1) is 0 Å². The van der Waals surface area contributed by atoms with E-state index in [1.54, 1.807) is 43.3 Å². The Bertz CT molecular complexity index is 899. The van der Waals surface area contributed by atoms with Gasteiger partial charge in [-0.05, 0) is 55.7 Å². The fourth-order valence-corrected chi connectivity index (χ4v) is 4.25. The minimum Gasteiger partial charge on any atom is -0.352 e. The van der Waals surface area contributed by atoms with E-state index in [9.17, 15) is 13.2 Å². The molecule has 146 valence electrons. The Labute approximate surface area is 166 Å². The minimum atomic E-state index is -3.91. The number of carbonyl (C=O) groups is 1. The van der Waals surface area contributed by atoms with Crippen LogP contribution in [0.25, 0.3) is 0 Å². The lowest BCUT2D eigenvalue weighted by Gasteiger charge is -2.27. The van der Waals surface area contributed by atoms with Crippen molar-refractivity contribution < 1.29 is 13.2 Å². The zero-order valence-electron chi connectivity index (χ0n) is 15.9. The highest BCUT2D eigenvalue weighted by Gasteiger charge is 2.28. The molecule has 2 aromatic carbocycles. The SMILES string of the molecule is Cc1cc(Cl)ccc1N(CC(=O)N[C@H](C)C(C)C)S(=O)(=O)c1ccccc1. The third-order valence-electron chi connectivity index (χ3n) is 4.43. The van der Waals surface area contributed by atoms with Crippen LogP contribution < -0.4 is 9.62 Å². The van der Waals surface area contributed by atoms with Crippen molar-refractivity contribution in [3.63, 3.8) is 0 Å². The molecule has 2 rings (SSSR count). The highest BCUT2D eigenvalue weighted by Crippen LogP contribution is 2.28. The van der Waals surface area contributed by atoms with Gasteiger partial charge in [0.1, 0.15) is 6.54 Å². The number of benzene rings is 2. The van der Waals surface area contributed by atoms with Crippen molar-refractivity contribution in [3.05, 3.63) is 59.1 Å². The van der Waals surface area contributed by atoms with Gasteiger partial charge < -0.3 is 5.32 Å². The maximum absolute atomic E-state index is 13.2. The first-order valence-electron chi connectivity index (χ1n) is 8.76. The van der Waals surface area contributed by atoms with Gasteiger partial charge in [0.15, 0.2) is 0 Å². The molecular weight excluding hydrogens is 384 g/mol. The molecule has 5 nitrogen and oxygen atoms in total. The molecule has 0 aliphatic heterocycles. The van der Waals surface area contributed by atoms with Gasteiger partial charge in [0, 0.05) is 11.1 Å². The van der Waals surface area contributed by atoms with E-state index < -0.39 is 10.0 Å². The van der Waals surface area contributed by atoms with E-state index >= 15 is 0 Å². The van der Waals surface area contributed by atoms with Crippen LogP contribution in [0.5, 0.6) is 0 Å². The summed E-state index contributed by atoms with van der Waals surface area (Å²) in [5, 5.41) is 3.37. The van der Waals surface area contributed by atoms with E-state index in [2.05, 4.69) is 5.32 Å². The Morgan fingerprint density at radius 2 is 1.74 bits per heavy atom. The van der Waals surface area contributed by atoms with Crippen LogP contribution in [-0.4, -0.2) is 26.9 Å². The maximum atomic E-state index is 13.2. The van der Waals surface area contributed by atoms with Gasteiger partial charge in [0.05, 0.1) is 10.6 Å². The first-order valence-corrected chi connectivity index (χ1v) is 10.6. The molecule has 0 saturated heterocycles. The number of nitrogens with zero attached hydrogens (tertiary/aromatic N) is 1. The Kier molecular flexibility index (Phi) is 6.89. The summed E-state index contributed by atoms with van der Waals surface area (Å²) >= 11 is 6.02. The van der Waals surface area contributed by atoms with Crippen molar-refractivity contribution in [2.75, 3.05) is 10.8 Å². The molecule has 0 spiro atoms. The summed E-state index contributed by atoms with van der Waals surface area (Å²) in [5.41, 5.74) is 1.10. The maximum Gasteiger partial charge on any atom is 0.264 e. The quantitative estimate of drug-likeness (QED) is 0.752. The highest BCUT2D eigenvalue weighted by molar-refractivity contribution is 7.92. The van der Waals surface area contributed by atoms with E-state index in [0.29, 0.717) is 16.3 Å². The summed E-state index contributed by atoms with van der Waals surface area (Å²) < 4.78 is 27.6. The van der Waals surface area contributed by atoms with Gasteiger partial charge in [-0.1, -0.05) is 43.6 Å². The van der Waals surface area contributed by atoms with Crippen LogP contribution in [0.1, 0.15) is 26.3 Å². The number of hydrogen-bond acceptors (Lipinski definition) is 3. The van der Waals surface area contributed by atoms with Gasteiger partial charge in [0.25, 0.3) is 10.0 Å². The van der Waals surface area contributed by atoms with Crippen molar-refractivity contribution >= 4 is 33.2 Å². The molecule has 0 aromatic heterocycles. The number of aryl methyl sites for hydroxylation is 1. The van der Waals surface area contributed by atoms with Crippen LogP contribution in [0.2, 0.25) is 5.02 Å². The molecule has 0 radical (unpaired) electrons. The predicted molar refractivity (Wildman–Crippen MR) is 110 cm³/mol. The van der Waals surface area contributed by atoms with Crippen LogP contribution in [0.15, 0.2) is 53.4 Å². The summed E-state index contributed by atoms with van der Waals surface area (Å²) in [6.45, 7) is 7.34.